The molecule has 2 aromatic carbocycles. The van der Waals surface area contributed by atoms with Crippen molar-refractivity contribution in [2.45, 2.75) is 38.3 Å². The first-order chi connectivity index (χ1) is 14.6. The number of fused-ring (bicyclic) bond motifs is 3. The molecule has 2 aromatic rings. The van der Waals surface area contributed by atoms with Crippen molar-refractivity contribution >= 4 is 12.0 Å². The highest BCUT2D eigenvalue weighted by molar-refractivity contribution is 5.75. The van der Waals surface area contributed by atoms with Gasteiger partial charge in [-0.05, 0) is 55.2 Å². The second kappa shape index (κ2) is 8.42. The van der Waals surface area contributed by atoms with Gasteiger partial charge in [0.05, 0.1) is 32.8 Å². The maximum absolute atomic E-state index is 13.0. The molecule has 5 heteroatoms. The Kier molecular flexibility index (Phi) is 5.71. The van der Waals surface area contributed by atoms with Gasteiger partial charge in [-0.1, -0.05) is 30.3 Å². The van der Waals surface area contributed by atoms with Gasteiger partial charge in [0.2, 0.25) is 0 Å². The quantitative estimate of drug-likeness (QED) is 0.667. The van der Waals surface area contributed by atoms with Crippen LogP contribution in [0.3, 0.4) is 0 Å². The molecule has 0 saturated carbocycles. The van der Waals surface area contributed by atoms with E-state index in [0.717, 1.165) is 23.5 Å². The van der Waals surface area contributed by atoms with E-state index in [-0.39, 0.29) is 29.9 Å². The Labute approximate surface area is 178 Å². The molecule has 4 atom stereocenters. The first-order valence-electron chi connectivity index (χ1n) is 10.5. The van der Waals surface area contributed by atoms with Crippen molar-refractivity contribution in [3.05, 3.63) is 65.4 Å². The van der Waals surface area contributed by atoms with E-state index in [9.17, 15) is 4.79 Å². The molecule has 4 rings (SSSR count). The highest BCUT2D eigenvalue weighted by atomic mass is 16.5. The fraction of sp³-hybridized carbons (Fsp3) is 0.400. The van der Waals surface area contributed by atoms with Gasteiger partial charge in [-0.2, -0.15) is 0 Å². The van der Waals surface area contributed by atoms with E-state index < -0.39 is 0 Å². The summed E-state index contributed by atoms with van der Waals surface area (Å²) in [5.74, 6) is 1.18. The molecule has 1 saturated heterocycles. The number of ether oxygens (including phenoxy) is 3. The lowest BCUT2D eigenvalue weighted by atomic mass is 9.71. The molecule has 2 heterocycles. The average molecular weight is 408 g/mol. The number of hydrogen-bond acceptors (Lipinski definition) is 5. The Morgan fingerprint density at radius 1 is 1.10 bits per heavy atom. The molecular formula is C25H29NO4. The molecule has 0 aromatic heterocycles. The Balaban J connectivity index is 1.78. The molecule has 158 valence electrons. The van der Waals surface area contributed by atoms with Crippen molar-refractivity contribution in [2.75, 3.05) is 20.8 Å². The smallest absolute Gasteiger partial charge is 0.311 e. The third-order valence-electron chi connectivity index (χ3n) is 6.42. The molecular weight excluding hydrogens is 378 g/mol. The average Bonchev–Trinajstić information content (AvgIpc) is 2.78. The van der Waals surface area contributed by atoms with Crippen LogP contribution in [-0.2, 0) is 9.53 Å². The predicted octanol–water partition coefficient (Wildman–Crippen LogP) is 4.79. The Hall–Kier alpha value is -2.95. The van der Waals surface area contributed by atoms with Crippen molar-refractivity contribution in [1.82, 2.24) is 4.90 Å². The van der Waals surface area contributed by atoms with E-state index in [2.05, 4.69) is 42.3 Å². The Bertz CT molecular complexity index is 940. The van der Waals surface area contributed by atoms with Crippen molar-refractivity contribution in [3.63, 3.8) is 0 Å². The first kappa shape index (κ1) is 20.3. The molecule has 5 nitrogen and oxygen atoms in total. The molecule has 0 aliphatic carbocycles. The van der Waals surface area contributed by atoms with Crippen LogP contribution in [0.2, 0.25) is 0 Å². The summed E-state index contributed by atoms with van der Waals surface area (Å²) in [4.78, 5) is 15.3. The number of hydrogen-bond donors (Lipinski definition) is 0. The number of methoxy groups -OCH3 is 2. The highest BCUT2D eigenvalue weighted by Gasteiger charge is 2.46. The fourth-order valence-electron chi connectivity index (χ4n) is 4.99. The fourth-order valence-corrected chi connectivity index (χ4v) is 4.99. The zero-order chi connectivity index (χ0) is 21.3. The third kappa shape index (κ3) is 3.42. The van der Waals surface area contributed by atoms with Gasteiger partial charge in [-0.25, -0.2) is 0 Å². The number of carbonyl (C=O) groups excluding carboxylic acids is 1. The van der Waals surface area contributed by atoms with Crippen LogP contribution in [0.25, 0.3) is 6.08 Å². The van der Waals surface area contributed by atoms with E-state index in [1.807, 2.05) is 31.2 Å². The molecule has 0 spiro atoms. The maximum atomic E-state index is 13.0. The van der Waals surface area contributed by atoms with Gasteiger partial charge in [0, 0.05) is 18.2 Å². The van der Waals surface area contributed by atoms with Gasteiger partial charge in [0.25, 0.3) is 0 Å². The molecule has 0 amide bonds. The van der Waals surface area contributed by atoms with Gasteiger partial charge in [-0.15, -0.1) is 0 Å². The minimum Gasteiger partial charge on any atom is -0.493 e. The van der Waals surface area contributed by atoms with E-state index in [0.29, 0.717) is 6.61 Å². The maximum Gasteiger partial charge on any atom is 0.311 e. The lowest BCUT2D eigenvalue weighted by Gasteiger charge is -2.49. The number of benzene rings is 2. The van der Waals surface area contributed by atoms with Gasteiger partial charge < -0.3 is 19.1 Å². The summed E-state index contributed by atoms with van der Waals surface area (Å²) in [6.45, 7) is 4.38. The standard InChI is InChI=1S/C25H29NO4/c1-5-30-25(27)24-16(2)26-12-11-18-13-22(28-3)23(29-4)15-19(18)21(26)14-20(24)17-9-7-6-8-10-17/h6-13,15-16,20-21,24H,5,14H2,1-4H3/t16-,20-,21-,24+/m1/s1. The zero-order valence-electron chi connectivity index (χ0n) is 18.0. The van der Waals surface area contributed by atoms with Crippen LogP contribution in [-0.4, -0.2) is 37.7 Å². The molecule has 0 bridgehead atoms. The summed E-state index contributed by atoms with van der Waals surface area (Å²) >= 11 is 0. The third-order valence-corrected chi connectivity index (χ3v) is 6.42. The van der Waals surface area contributed by atoms with Gasteiger partial charge >= 0.3 is 5.97 Å². The Morgan fingerprint density at radius 2 is 1.80 bits per heavy atom. The normalized spacial score (nSPS) is 24.6. The van der Waals surface area contributed by atoms with E-state index in [4.69, 9.17) is 14.2 Å². The first-order valence-corrected chi connectivity index (χ1v) is 10.5. The summed E-state index contributed by atoms with van der Waals surface area (Å²) in [5.41, 5.74) is 3.51. The van der Waals surface area contributed by atoms with Gasteiger partial charge in [-0.3, -0.25) is 4.79 Å². The largest absolute Gasteiger partial charge is 0.493 e. The van der Waals surface area contributed by atoms with E-state index in [1.165, 1.54) is 11.1 Å². The lowest BCUT2D eigenvalue weighted by Crippen LogP contribution is -2.50. The van der Waals surface area contributed by atoms with Crippen molar-refractivity contribution < 1.29 is 19.0 Å². The minimum atomic E-state index is -0.227. The zero-order valence-corrected chi connectivity index (χ0v) is 18.0. The predicted molar refractivity (Wildman–Crippen MR) is 117 cm³/mol. The second-order valence-electron chi connectivity index (χ2n) is 7.89. The van der Waals surface area contributed by atoms with Gasteiger partial charge in [0.15, 0.2) is 11.5 Å². The molecule has 30 heavy (non-hydrogen) atoms. The number of esters is 1. The molecule has 0 radical (unpaired) electrons. The molecule has 0 unspecified atom stereocenters. The van der Waals surface area contributed by atoms with Crippen LogP contribution in [0.4, 0.5) is 0 Å². The number of rotatable bonds is 5. The van der Waals surface area contributed by atoms with Crippen LogP contribution in [0, 0.1) is 5.92 Å². The summed E-state index contributed by atoms with van der Waals surface area (Å²) < 4.78 is 16.6. The van der Waals surface area contributed by atoms with Crippen molar-refractivity contribution in [3.8, 4) is 11.5 Å². The molecule has 0 N–H and O–H groups in total. The summed E-state index contributed by atoms with van der Waals surface area (Å²) in [7, 11) is 3.31. The van der Waals surface area contributed by atoms with Crippen molar-refractivity contribution in [1.29, 1.82) is 0 Å². The summed E-state index contributed by atoms with van der Waals surface area (Å²) in [6.07, 6.45) is 5.02. The van der Waals surface area contributed by atoms with Gasteiger partial charge in [0.1, 0.15) is 0 Å². The topological polar surface area (TPSA) is 48.0 Å². The summed E-state index contributed by atoms with van der Waals surface area (Å²) in [5, 5.41) is 0. The molecule has 2 aliphatic heterocycles. The van der Waals surface area contributed by atoms with E-state index in [1.54, 1.807) is 14.2 Å². The van der Waals surface area contributed by atoms with Crippen molar-refractivity contribution in [2.24, 2.45) is 5.92 Å². The minimum absolute atomic E-state index is 0.00510. The Morgan fingerprint density at radius 3 is 2.47 bits per heavy atom. The van der Waals surface area contributed by atoms with Crippen LogP contribution in [0.5, 0.6) is 11.5 Å². The number of nitrogens with zero attached hydrogens (tertiary/aromatic N) is 1. The van der Waals surface area contributed by atoms with Crippen LogP contribution in [0.15, 0.2) is 48.7 Å². The number of piperidine rings is 1. The number of carbonyl (C=O) groups is 1. The lowest BCUT2D eigenvalue weighted by molar-refractivity contribution is -0.153. The summed E-state index contributed by atoms with van der Waals surface area (Å²) in [6, 6.07) is 14.6. The second-order valence-corrected chi connectivity index (χ2v) is 7.89. The SMILES string of the molecule is CCOC(=O)[C@@H]1[C@@H](c2ccccc2)C[C@@H]2c3cc(OC)c(OC)cc3C=CN2[C@@H]1C. The molecule has 2 aliphatic rings. The van der Waals surface area contributed by atoms with Crippen LogP contribution >= 0.6 is 0 Å². The highest BCUT2D eigenvalue weighted by Crippen LogP contribution is 2.50. The van der Waals surface area contributed by atoms with Crippen LogP contribution in [0.1, 0.15) is 48.9 Å². The molecule has 1 fully saturated rings. The van der Waals surface area contributed by atoms with E-state index >= 15 is 0 Å². The van der Waals surface area contributed by atoms with Crippen LogP contribution < -0.4 is 9.47 Å². The monoisotopic (exact) mass is 407 g/mol.